The van der Waals surface area contributed by atoms with Gasteiger partial charge in [0.05, 0.1) is 22.5 Å². The molecule has 1 N–H and O–H groups in total. The highest BCUT2D eigenvalue weighted by molar-refractivity contribution is 7.08. The molecule has 5 rings (SSSR count). The van der Waals surface area contributed by atoms with Gasteiger partial charge >= 0.3 is 0 Å². The molecular formula is C26H25N3O4S. The van der Waals surface area contributed by atoms with Gasteiger partial charge in [0.2, 0.25) is 5.89 Å². The number of rotatable bonds is 7. The van der Waals surface area contributed by atoms with E-state index in [9.17, 15) is 4.79 Å². The highest BCUT2D eigenvalue weighted by Crippen LogP contribution is 2.32. The van der Waals surface area contributed by atoms with E-state index in [2.05, 4.69) is 16.3 Å². The first-order valence-corrected chi connectivity index (χ1v) is 12.0. The number of carbonyl (C=O) groups is 1. The molecule has 0 unspecified atom stereocenters. The standard InChI is InChI=1S/C26H25N3O4S/c1-17-22(15-29(2)14-18-7-8-23-24(13-18)32-11-10-31-23)28-26(33-17)20-5-3-4-6-21(20)27-25(30)19-9-12-34-16-19/h3-9,12-13,16H,10-11,14-15H2,1-2H3,(H,27,30). The number of nitrogens with one attached hydrogen (secondary N) is 1. The third-order valence-electron chi connectivity index (χ3n) is 5.56. The summed E-state index contributed by atoms with van der Waals surface area (Å²) in [6.45, 7) is 4.41. The number of amides is 1. The summed E-state index contributed by atoms with van der Waals surface area (Å²) in [5.74, 6) is 2.67. The monoisotopic (exact) mass is 475 g/mol. The number of aromatic nitrogens is 1. The van der Waals surface area contributed by atoms with Crippen molar-refractivity contribution in [1.82, 2.24) is 9.88 Å². The molecule has 0 radical (unpaired) electrons. The molecule has 0 saturated carbocycles. The summed E-state index contributed by atoms with van der Waals surface area (Å²) in [4.78, 5) is 19.5. The van der Waals surface area contributed by atoms with Crippen LogP contribution in [-0.2, 0) is 13.1 Å². The lowest BCUT2D eigenvalue weighted by Crippen LogP contribution is -2.19. The number of carbonyl (C=O) groups excluding carboxylic acids is 1. The second-order valence-electron chi connectivity index (χ2n) is 8.18. The Hall–Kier alpha value is -3.62. The van der Waals surface area contributed by atoms with Crippen LogP contribution in [0.1, 0.15) is 27.4 Å². The molecule has 0 aliphatic carbocycles. The van der Waals surface area contributed by atoms with Gasteiger partial charge in [-0.3, -0.25) is 9.69 Å². The number of hydrogen-bond acceptors (Lipinski definition) is 7. The zero-order valence-electron chi connectivity index (χ0n) is 19.0. The molecule has 1 aliphatic rings. The smallest absolute Gasteiger partial charge is 0.256 e. The van der Waals surface area contributed by atoms with Gasteiger partial charge in [-0.05, 0) is 55.2 Å². The summed E-state index contributed by atoms with van der Waals surface area (Å²) in [5.41, 5.74) is 4.03. The van der Waals surface area contributed by atoms with E-state index in [1.54, 1.807) is 6.07 Å². The fourth-order valence-corrected chi connectivity index (χ4v) is 4.50. The van der Waals surface area contributed by atoms with Gasteiger partial charge in [-0.2, -0.15) is 11.3 Å². The molecule has 4 aromatic rings. The first-order chi connectivity index (χ1) is 16.6. The van der Waals surface area contributed by atoms with Crippen molar-refractivity contribution in [3.05, 3.63) is 81.9 Å². The van der Waals surface area contributed by atoms with E-state index in [1.807, 2.05) is 61.1 Å². The molecule has 2 aromatic carbocycles. The third kappa shape index (κ3) is 4.83. The van der Waals surface area contributed by atoms with Gasteiger partial charge < -0.3 is 19.2 Å². The number of oxazole rings is 1. The normalized spacial score (nSPS) is 12.7. The van der Waals surface area contributed by atoms with Crippen molar-refractivity contribution in [1.29, 1.82) is 0 Å². The molecule has 8 heteroatoms. The van der Waals surface area contributed by atoms with Gasteiger partial charge in [0.15, 0.2) is 11.5 Å². The van der Waals surface area contributed by atoms with Gasteiger partial charge in [0, 0.05) is 18.5 Å². The minimum Gasteiger partial charge on any atom is -0.486 e. The molecule has 1 aliphatic heterocycles. The fraction of sp³-hybridized carbons (Fsp3) is 0.231. The van der Waals surface area contributed by atoms with Crippen molar-refractivity contribution in [2.75, 3.05) is 25.6 Å². The Morgan fingerprint density at radius 2 is 1.91 bits per heavy atom. The molecule has 7 nitrogen and oxygen atoms in total. The summed E-state index contributed by atoms with van der Waals surface area (Å²) in [5, 5.41) is 6.68. The Balaban J connectivity index is 1.30. The van der Waals surface area contributed by atoms with E-state index < -0.39 is 0 Å². The average Bonchev–Trinajstić information content (AvgIpc) is 3.50. The lowest BCUT2D eigenvalue weighted by molar-refractivity contribution is 0.102. The highest BCUT2D eigenvalue weighted by atomic mass is 32.1. The van der Waals surface area contributed by atoms with Crippen LogP contribution in [0.2, 0.25) is 0 Å². The number of hydrogen-bond donors (Lipinski definition) is 1. The third-order valence-corrected chi connectivity index (χ3v) is 6.24. The first-order valence-electron chi connectivity index (χ1n) is 11.0. The number of fused-ring (bicyclic) bond motifs is 1. The molecular weight excluding hydrogens is 450 g/mol. The Bertz CT molecular complexity index is 1300. The van der Waals surface area contributed by atoms with Gasteiger partial charge in [0.1, 0.15) is 19.0 Å². The molecule has 0 fully saturated rings. The number of nitrogens with zero attached hydrogens (tertiary/aromatic N) is 2. The number of thiophene rings is 1. The number of benzene rings is 2. The highest BCUT2D eigenvalue weighted by Gasteiger charge is 2.18. The summed E-state index contributed by atoms with van der Waals surface area (Å²) < 4.78 is 17.3. The maximum absolute atomic E-state index is 12.6. The Morgan fingerprint density at radius 1 is 1.09 bits per heavy atom. The maximum atomic E-state index is 12.6. The number of anilines is 1. The van der Waals surface area contributed by atoms with Crippen LogP contribution in [-0.4, -0.2) is 36.1 Å². The van der Waals surface area contributed by atoms with Gasteiger partial charge in [-0.15, -0.1) is 0 Å². The molecule has 34 heavy (non-hydrogen) atoms. The van der Waals surface area contributed by atoms with Crippen LogP contribution in [0.3, 0.4) is 0 Å². The van der Waals surface area contributed by atoms with Crippen LogP contribution < -0.4 is 14.8 Å². The quantitative estimate of drug-likeness (QED) is 0.387. The largest absolute Gasteiger partial charge is 0.486 e. The van der Waals surface area contributed by atoms with Crippen LogP contribution in [0.5, 0.6) is 11.5 Å². The van der Waals surface area contributed by atoms with E-state index in [0.717, 1.165) is 40.6 Å². The number of para-hydroxylation sites is 1. The van der Waals surface area contributed by atoms with Crippen molar-refractivity contribution in [2.45, 2.75) is 20.0 Å². The Morgan fingerprint density at radius 3 is 2.74 bits per heavy atom. The summed E-state index contributed by atoms with van der Waals surface area (Å²) in [6.07, 6.45) is 0. The van der Waals surface area contributed by atoms with Crippen LogP contribution in [0.4, 0.5) is 5.69 Å². The maximum Gasteiger partial charge on any atom is 0.256 e. The van der Waals surface area contributed by atoms with Crippen LogP contribution in [0, 0.1) is 6.92 Å². The number of aryl methyl sites for hydroxylation is 1. The van der Waals surface area contributed by atoms with Crippen molar-refractivity contribution in [3.8, 4) is 23.0 Å². The Kier molecular flexibility index (Phi) is 6.33. The molecule has 1 amide bonds. The van der Waals surface area contributed by atoms with Crippen molar-refractivity contribution in [3.63, 3.8) is 0 Å². The molecule has 0 saturated heterocycles. The average molecular weight is 476 g/mol. The Labute approximate surface area is 202 Å². The zero-order chi connectivity index (χ0) is 23.5. The lowest BCUT2D eigenvalue weighted by atomic mass is 10.1. The van der Waals surface area contributed by atoms with Crippen molar-refractivity contribution < 1.29 is 18.7 Å². The van der Waals surface area contributed by atoms with E-state index >= 15 is 0 Å². The molecule has 0 atom stereocenters. The van der Waals surface area contributed by atoms with E-state index in [-0.39, 0.29) is 5.91 Å². The van der Waals surface area contributed by atoms with Gasteiger partial charge in [-0.25, -0.2) is 4.98 Å². The zero-order valence-corrected chi connectivity index (χ0v) is 19.9. The van der Waals surface area contributed by atoms with E-state index in [4.69, 9.17) is 18.9 Å². The predicted molar refractivity (Wildman–Crippen MR) is 132 cm³/mol. The lowest BCUT2D eigenvalue weighted by Gasteiger charge is -2.20. The molecule has 0 bridgehead atoms. The molecule has 3 heterocycles. The van der Waals surface area contributed by atoms with Crippen LogP contribution >= 0.6 is 11.3 Å². The topological polar surface area (TPSA) is 76.8 Å². The van der Waals surface area contributed by atoms with E-state index in [0.29, 0.717) is 36.9 Å². The summed E-state index contributed by atoms with van der Waals surface area (Å²) >= 11 is 1.49. The minimum atomic E-state index is -0.156. The second-order valence-corrected chi connectivity index (χ2v) is 8.96. The molecule has 0 spiro atoms. The fourth-order valence-electron chi connectivity index (χ4n) is 3.87. The SMILES string of the molecule is Cc1oc(-c2ccccc2NC(=O)c2ccsc2)nc1CN(C)Cc1ccc2c(c1)OCCO2. The minimum absolute atomic E-state index is 0.156. The van der Waals surface area contributed by atoms with Gasteiger partial charge in [-0.1, -0.05) is 18.2 Å². The van der Waals surface area contributed by atoms with Crippen LogP contribution in [0.15, 0.2) is 63.7 Å². The first kappa shape index (κ1) is 22.2. The predicted octanol–water partition coefficient (Wildman–Crippen LogP) is 5.37. The summed E-state index contributed by atoms with van der Waals surface area (Å²) in [7, 11) is 2.04. The van der Waals surface area contributed by atoms with E-state index in [1.165, 1.54) is 11.3 Å². The van der Waals surface area contributed by atoms with Gasteiger partial charge in [0.25, 0.3) is 5.91 Å². The van der Waals surface area contributed by atoms with Crippen molar-refractivity contribution >= 4 is 22.9 Å². The molecule has 2 aromatic heterocycles. The summed E-state index contributed by atoms with van der Waals surface area (Å²) in [6, 6.07) is 15.4. The van der Waals surface area contributed by atoms with Crippen LogP contribution in [0.25, 0.3) is 11.5 Å². The second kappa shape index (κ2) is 9.70. The molecule has 174 valence electrons. The number of ether oxygens (including phenoxy) is 2. The van der Waals surface area contributed by atoms with Crippen molar-refractivity contribution in [2.24, 2.45) is 0 Å².